The number of nitrogens with one attached hydrogen (secondary N) is 1. The number of hydrogen-bond acceptors (Lipinski definition) is 6. The molecule has 0 bridgehead atoms. The SMILES string of the molecule is COC1(C)CCC(N(C)C(=O)O)c2nc(C(=O)NCc3ccc(F)c(C)c3)c(O)c(=O)n2C1. The molecule has 2 atom stereocenters. The molecule has 0 saturated heterocycles. The van der Waals surface area contributed by atoms with E-state index in [2.05, 4.69) is 10.3 Å². The molecule has 10 nitrogen and oxygen atoms in total. The molecule has 2 aromatic rings. The number of hydrogen-bond donors (Lipinski definition) is 3. The highest BCUT2D eigenvalue weighted by atomic mass is 19.1. The standard InChI is InChI=1S/C22H27FN4O6/c1-12-9-13(5-6-14(12)23)10-24-19(29)16-17(28)20(30)27-11-22(2,33-4)8-7-15(18(27)25-16)26(3)21(31)32/h5-6,9,15,28H,7-8,10-11H2,1-4H3,(H,24,29)(H,31,32). The number of fused-ring (bicyclic) bond motifs is 1. The summed E-state index contributed by atoms with van der Waals surface area (Å²) in [5.74, 6) is -1.99. The lowest BCUT2D eigenvalue weighted by Gasteiger charge is -2.27. The van der Waals surface area contributed by atoms with Gasteiger partial charge in [0, 0.05) is 20.7 Å². The van der Waals surface area contributed by atoms with Crippen molar-refractivity contribution in [3.63, 3.8) is 0 Å². The number of carbonyl (C=O) groups excluding carboxylic acids is 1. The molecule has 0 saturated carbocycles. The van der Waals surface area contributed by atoms with Gasteiger partial charge in [0.05, 0.1) is 18.2 Å². The molecule has 0 fully saturated rings. The summed E-state index contributed by atoms with van der Waals surface area (Å²) in [6.45, 7) is 3.40. The summed E-state index contributed by atoms with van der Waals surface area (Å²) in [4.78, 5) is 42.7. The van der Waals surface area contributed by atoms with Crippen LogP contribution in [0.4, 0.5) is 9.18 Å². The van der Waals surface area contributed by atoms with Crippen LogP contribution in [0.2, 0.25) is 0 Å². The molecule has 178 valence electrons. The summed E-state index contributed by atoms with van der Waals surface area (Å²) in [6.07, 6.45) is -0.520. The van der Waals surface area contributed by atoms with Crippen molar-refractivity contribution >= 4 is 12.0 Å². The average Bonchev–Trinajstić information content (AvgIpc) is 2.93. The normalized spacial score (nSPS) is 20.0. The molecule has 3 rings (SSSR count). The van der Waals surface area contributed by atoms with Crippen LogP contribution in [-0.4, -0.2) is 56.4 Å². The minimum atomic E-state index is -1.23. The molecule has 11 heteroatoms. The van der Waals surface area contributed by atoms with E-state index < -0.39 is 40.6 Å². The van der Waals surface area contributed by atoms with Gasteiger partial charge in [-0.15, -0.1) is 0 Å². The van der Waals surface area contributed by atoms with Crippen LogP contribution in [0, 0.1) is 12.7 Å². The number of aromatic nitrogens is 2. The van der Waals surface area contributed by atoms with Crippen molar-refractivity contribution in [3.05, 3.63) is 57.0 Å². The molecule has 0 spiro atoms. The lowest BCUT2D eigenvalue weighted by atomic mass is 9.98. The number of methoxy groups -OCH3 is 1. The van der Waals surface area contributed by atoms with Crippen LogP contribution in [0.5, 0.6) is 5.75 Å². The first-order valence-electron chi connectivity index (χ1n) is 10.3. The maximum atomic E-state index is 13.5. The molecule has 2 unspecified atom stereocenters. The Morgan fingerprint density at radius 3 is 2.73 bits per heavy atom. The Balaban J connectivity index is 2.01. The zero-order valence-corrected chi connectivity index (χ0v) is 18.9. The lowest BCUT2D eigenvalue weighted by molar-refractivity contribution is -0.0159. The maximum absolute atomic E-state index is 13.5. The fraction of sp³-hybridized carbons (Fsp3) is 0.455. The molecular formula is C22H27FN4O6. The van der Waals surface area contributed by atoms with E-state index in [-0.39, 0.29) is 24.7 Å². The van der Waals surface area contributed by atoms with Crippen LogP contribution in [0.1, 0.15) is 53.2 Å². The fourth-order valence-electron chi connectivity index (χ4n) is 3.86. The van der Waals surface area contributed by atoms with Crippen molar-refractivity contribution in [1.82, 2.24) is 19.8 Å². The second-order valence-corrected chi connectivity index (χ2v) is 8.43. The number of aryl methyl sites for hydroxylation is 1. The van der Waals surface area contributed by atoms with E-state index in [4.69, 9.17) is 4.74 Å². The molecule has 1 aliphatic rings. The minimum absolute atomic E-state index is 0.0136. The lowest BCUT2D eigenvalue weighted by Crippen LogP contribution is -2.39. The second-order valence-electron chi connectivity index (χ2n) is 8.43. The van der Waals surface area contributed by atoms with Crippen molar-refractivity contribution in [2.24, 2.45) is 0 Å². The number of benzene rings is 1. The van der Waals surface area contributed by atoms with Gasteiger partial charge in [0.1, 0.15) is 11.6 Å². The second kappa shape index (κ2) is 9.18. The molecular weight excluding hydrogens is 435 g/mol. The van der Waals surface area contributed by atoms with Gasteiger partial charge in [-0.3, -0.25) is 14.2 Å². The maximum Gasteiger partial charge on any atom is 0.407 e. The molecule has 1 aliphatic heterocycles. The van der Waals surface area contributed by atoms with Gasteiger partial charge in [-0.1, -0.05) is 12.1 Å². The van der Waals surface area contributed by atoms with Gasteiger partial charge in [-0.2, -0.15) is 0 Å². The van der Waals surface area contributed by atoms with E-state index in [9.17, 15) is 29.0 Å². The van der Waals surface area contributed by atoms with Crippen LogP contribution >= 0.6 is 0 Å². The van der Waals surface area contributed by atoms with E-state index in [1.807, 2.05) is 0 Å². The highest BCUT2D eigenvalue weighted by molar-refractivity contribution is 5.94. The fourth-order valence-corrected chi connectivity index (χ4v) is 3.86. The first kappa shape index (κ1) is 24.2. The average molecular weight is 462 g/mol. The van der Waals surface area contributed by atoms with Gasteiger partial charge in [-0.25, -0.2) is 14.2 Å². The number of carboxylic acid groups (broad SMARTS) is 1. The third kappa shape index (κ3) is 4.82. The quantitative estimate of drug-likeness (QED) is 0.620. The van der Waals surface area contributed by atoms with Crippen LogP contribution in [0.3, 0.4) is 0 Å². The number of carbonyl (C=O) groups is 2. The Bertz CT molecular complexity index is 1150. The van der Waals surface area contributed by atoms with Gasteiger partial charge in [0.15, 0.2) is 5.69 Å². The Labute approximate surface area is 189 Å². The van der Waals surface area contributed by atoms with Crippen molar-refractivity contribution in [1.29, 1.82) is 0 Å². The van der Waals surface area contributed by atoms with Crippen molar-refractivity contribution in [2.45, 2.75) is 51.4 Å². The van der Waals surface area contributed by atoms with Gasteiger partial charge in [0.2, 0.25) is 5.75 Å². The first-order chi connectivity index (χ1) is 15.5. The van der Waals surface area contributed by atoms with Crippen LogP contribution in [-0.2, 0) is 17.8 Å². The summed E-state index contributed by atoms with van der Waals surface area (Å²) in [6, 6.07) is 3.52. The molecule has 33 heavy (non-hydrogen) atoms. The summed E-state index contributed by atoms with van der Waals surface area (Å²) < 4.78 is 20.2. The van der Waals surface area contributed by atoms with E-state index in [0.29, 0.717) is 24.0 Å². The van der Waals surface area contributed by atoms with Crippen molar-refractivity contribution < 1.29 is 28.9 Å². The molecule has 2 heterocycles. The Hall–Kier alpha value is -3.47. The highest BCUT2D eigenvalue weighted by Gasteiger charge is 2.38. The predicted molar refractivity (Wildman–Crippen MR) is 116 cm³/mol. The zero-order valence-electron chi connectivity index (χ0n) is 18.9. The van der Waals surface area contributed by atoms with E-state index in [0.717, 1.165) is 9.47 Å². The molecule has 0 radical (unpaired) electrons. The molecule has 1 aromatic carbocycles. The van der Waals surface area contributed by atoms with Crippen LogP contribution < -0.4 is 10.9 Å². The van der Waals surface area contributed by atoms with Gasteiger partial charge in [-0.05, 0) is 43.9 Å². The van der Waals surface area contributed by atoms with Gasteiger partial charge in [0.25, 0.3) is 11.5 Å². The number of aromatic hydroxyl groups is 1. The molecule has 3 N–H and O–H groups in total. The highest BCUT2D eigenvalue weighted by Crippen LogP contribution is 2.33. The zero-order chi connectivity index (χ0) is 24.5. The van der Waals surface area contributed by atoms with Crippen LogP contribution in [0.25, 0.3) is 0 Å². The largest absolute Gasteiger partial charge is 0.501 e. The topological polar surface area (TPSA) is 134 Å². The Morgan fingerprint density at radius 1 is 1.42 bits per heavy atom. The van der Waals surface area contributed by atoms with E-state index in [1.54, 1.807) is 19.9 Å². The summed E-state index contributed by atoms with van der Waals surface area (Å²) in [5.41, 5.74) is -1.14. The van der Waals surface area contributed by atoms with Crippen molar-refractivity contribution in [2.75, 3.05) is 14.2 Å². The Kier molecular flexibility index (Phi) is 6.73. The molecule has 0 aliphatic carbocycles. The van der Waals surface area contributed by atoms with Crippen molar-refractivity contribution in [3.8, 4) is 5.75 Å². The summed E-state index contributed by atoms with van der Waals surface area (Å²) >= 11 is 0. The van der Waals surface area contributed by atoms with Gasteiger partial charge < -0.3 is 25.2 Å². The number of amides is 2. The van der Waals surface area contributed by atoms with E-state index >= 15 is 0 Å². The molecule has 2 amide bonds. The van der Waals surface area contributed by atoms with Gasteiger partial charge >= 0.3 is 6.09 Å². The predicted octanol–water partition coefficient (Wildman–Crippen LogP) is 2.18. The number of rotatable bonds is 5. The molecule has 1 aromatic heterocycles. The third-order valence-corrected chi connectivity index (χ3v) is 6.06. The number of nitrogens with zero attached hydrogens (tertiary/aromatic N) is 3. The third-order valence-electron chi connectivity index (χ3n) is 6.06. The number of halogens is 1. The smallest absolute Gasteiger partial charge is 0.407 e. The first-order valence-corrected chi connectivity index (χ1v) is 10.3. The monoisotopic (exact) mass is 462 g/mol. The Morgan fingerprint density at radius 2 is 2.12 bits per heavy atom. The number of ether oxygens (including phenoxy) is 1. The van der Waals surface area contributed by atoms with E-state index in [1.165, 1.54) is 26.3 Å². The minimum Gasteiger partial charge on any atom is -0.501 e. The van der Waals surface area contributed by atoms with Crippen LogP contribution in [0.15, 0.2) is 23.0 Å². The summed E-state index contributed by atoms with van der Waals surface area (Å²) in [7, 11) is 2.83. The summed E-state index contributed by atoms with van der Waals surface area (Å²) in [5, 5.41) is 22.6.